The number of hydrogen-bond donors (Lipinski definition) is 2. The molecule has 1 atom stereocenters. The molecule has 0 fully saturated rings. The highest BCUT2D eigenvalue weighted by atomic mass is 79.9. The van der Waals surface area contributed by atoms with Crippen LogP contribution in [0.5, 0.6) is 5.75 Å². The van der Waals surface area contributed by atoms with Crippen molar-refractivity contribution >= 4 is 37.7 Å². The summed E-state index contributed by atoms with van der Waals surface area (Å²) in [5.74, 6) is 0.690. The summed E-state index contributed by atoms with van der Waals surface area (Å²) in [6, 6.07) is 5.56. The minimum absolute atomic E-state index is 0.0137. The van der Waals surface area contributed by atoms with E-state index in [9.17, 15) is 0 Å². The molecule has 0 saturated heterocycles. The first-order valence-corrected chi connectivity index (χ1v) is 5.55. The molecular formula is C9H10Br2N2O. The smallest absolute Gasteiger partial charge is 0.152 e. The first-order chi connectivity index (χ1) is 6.50. The van der Waals surface area contributed by atoms with Crippen LogP contribution in [0.25, 0.3) is 0 Å². The van der Waals surface area contributed by atoms with Crippen molar-refractivity contribution in [1.82, 2.24) is 0 Å². The van der Waals surface area contributed by atoms with Gasteiger partial charge in [-0.2, -0.15) is 0 Å². The van der Waals surface area contributed by atoms with Crippen LogP contribution in [-0.2, 0) is 0 Å². The van der Waals surface area contributed by atoms with E-state index < -0.39 is 6.10 Å². The molecule has 3 N–H and O–H groups in total. The summed E-state index contributed by atoms with van der Waals surface area (Å²) in [4.78, 5) is 0. The zero-order valence-electron chi connectivity index (χ0n) is 7.55. The van der Waals surface area contributed by atoms with Crippen LogP contribution >= 0.6 is 31.9 Å². The van der Waals surface area contributed by atoms with Crippen LogP contribution in [0.3, 0.4) is 0 Å². The molecule has 0 aromatic heterocycles. The van der Waals surface area contributed by atoms with Crippen LogP contribution in [0.2, 0.25) is 0 Å². The van der Waals surface area contributed by atoms with Gasteiger partial charge in [-0.1, -0.05) is 15.9 Å². The molecule has 1 unspecified atom stereocenters. The van der Waals surface area contributed by atoms with Gasteiger partial charge >= 0.3 is 0 Å². The van der Waals surface area contributed by atoms with E-state index in [1.807, 2.05) is 18.2 Å². The number of nitrogens with two attached hydrogens (primary N) is 1. The Morgan fingerprint density at radius 2 is 2.14 bits per heavy atom. The number of ether oxygens (including phenoxy) is 1. The van der Waals surface area contributed by atoms with Gasteiger partial charge in [0.15, 0.2) is 6.10 Å². The lowest BCUT2D eigenvalue weighted by molar-refractivity contribution is 0.283. The van der Waals surface area contributed by atoms with Crippen LogP contribution in [-0.4, -0.2) is 11.9 Å². The first kappa shape index (κ1) is 11.5. The fraction of sp³-hybridized carbons (Fsp3) is 0.222. The molecule has 0 radical (unpaired) electrons. The molecule has 0 aliphatic heterocycles. The maximum atomic E-state index is 7.19. The third kappa shape index (κ3) is 2.99. The highest BCUT2D eigenvalue weighted by molar-refractivity contribution is 9.11. The second-order valence-corrected chi connectivity index (χ2v) is 4.56. The van der Waals surface area contributed by atoms with Gasteiger partial charge in [0.25, 0.3) is 0 Å². The normalized spacial score (nSPS) is 12.2. The van der Waals surface area contributed by atoms with E-state index in [4.69, 9.17) is 15.9 Å². The zero-order chi connectivity index (χ0) is 10.7. The number of halogens is 2. The maximum Gasteiger partial charge on any atom is 0.152 e. The third-order valence-corrected chi connectivity index (χ3v) is 2.75. The van der Waals surface area contributed by atoms with E-state index in [1.54, 1.807) is 6.92 Å². The van der Waals surface area contributed by atoms with Gasteiger partial charge in [0.05, 0.1) is 4.47 Å². The van der Waals surface area contributed by atoms with Crippen molar-refractivity contribution < 1.29 is 4.74 Å². The van der Waals surface area contributed by atoms with Crippen molar-refractivity contribution in [3.63, 3.8) is 0 Å². The molecule has 1 aromatic rings. The average molecular weight is 322 g/mol. The number of benzene rings is 1. The Morgan fingerprint density at radius 3 is 2.64 bits per heavy atom. The highest BCUT2D eigenvalue weighted by Gasteiger charge is 2.09. The molecule has 0 aliphatic carbocycles. The minimum atomic E-state index is -0.410. The van der Waals surface area contributed by atoms with Crippen LogP contribution in [0, 0.1) is 5.41 Å². The van der Waals surface area contributed by atoms with E-state index >= 15 is 0 Å². The molecule has 0 spiro atoms. The number of rotatable bonds is 3. The fourth-order valence-corrected chi connectivity index (χ4v) is 1.97. The molecule has 14 heavy (non-hydrogen) atoms. The summed E-state index contributed by atoms with van der Waals surface area (Å²) in [6.45, 7) is 1.73. The molecule has 5 heteroatoms. The van der Waals surface area contributed by atoms with Crippen LogP contribution in [0.1, 0.15) is 6.92 Å². The van der Waals surface area contributed by atoms with Crippen molar-refractivity contribution in [2.24, 2.45) is 5.73 Å². The third-order valence-electron chi connectivity index (χ3n) is 1.64. The van der Waals surface area contributed by atoms with Crippen molar-refractivity contribution in [3.8, 4) is 5.75 Å². The minimum Gasteiger partial charge on any atom is -0.482 e. The molecule has 3 nitrogen and oxygen atoms in total. The Bertz CT molecular complexity index is 355. The molecular weight excluding hydrogens is 312 g/mol. The predicted octanol–water partition coefficient (Wildman–Crippen LogP) is 2.91. The lowest BCUT2D eigenvalue weighted by Crippen LogP contribution is -2.30. The van der Waals surface area contributed by atoms with E-state index in [1.165, 1.54) is 0 Å². The molecule has 0 saturated carbocycles. The Labute approximate surface area is 99.4 Å². The number of amidine groups is 1. The van der Waals surface area contributed by atoms with Gasteiger partial charge < -0.3 is 10.5 Å². The molecule has 76 valence electrons. The van der Waals surface area contributed by atoms with Crippen molar-refractivity contribution in [2.75, 3.05) is 0 Å². The summed E-state index contributed by atoms with van der Waals surface area (Å²) in [5, 5.41) is 7.19. The highest BCUT2D eigenvalue weighted by Crippen LogP contribution is 2.28. The van der Waals surface area contributed by atoms with Crippen LogP contribution in [0.15, 0.2) is 27.1 Å². The van der Waals surface area contributed by atoms with E-state index in [0.29, 0.717) is 5.75 Å². The van der Waals surface area contributed by atoms with E-state index in [2.05, 4.69) is 31.9 Å². The summed E-state index contributed by atoms with van der Waals surface area (Å²) in [6.07, 6.45) is -0.410. The van der Waals surface area contributed by atoms with Gasteiger partial charge in [-0.25, -0.2) is 0 Å². The number of hydrogen-bond acceptors (Lipinski definition) is 2. The van der Waals surface area contributed by atoms with Crippen molar-refractivity contribution in [2.45, 2.75) is 13.0 Å². The summed E-state index contributed by atoms with van der Waals surface area (Å²) < 4.78 is 7.24. The zero-order valence-corrected chi connectivity index (χ0v) is 10.7. The Hall–Kier alpha value is -0.550. The summed E-state index contributed by atoms with van der Waals surface area (Å²) >= 11 is 6.70. The van der Waals surface area contributed by atoms with Gasteiger partial charge in [-0.05, 0) is 41.1 Å². The topological polar surface area (TPSA) is 59.1 Å². The van der Waals surface area contributed by atoms with Crippen molar-refractivity contribution in [1.29, 1.82) is 5.41 Å². The average Bonchev–Trinajstić information content (AvgIpc) is 2.09. The summed E-state index contributed by atoms with van der Waals surface area (Å²) in [7, 11) is 0. The van der Waals surface area contributed by atoms with Gasteiger partial charge in [0.1, 0.15) is 11.6 Å². The first-order valence-electron chi connectivity index (χ1n) is 3.96. The monoisotopic (exact) mass is 320 g/mol. The standard InChI is InChI=1S/C9H10Br2N2O/c1-5(9(12)13)14-8-3-2-6(10)4-7(8)11/h2-5H,1H3,(H3,12,13). The van der Waals surface area contributed by atoms with E-state index in [-0.39, 0.29) is 5.84 Å². The molecule has 1 rings (SSSR count). The maximum absolute atomic E-state index is 7.19. The molecule has 0 bridgehead atoms. The molecule has 0 amide bonds. The second kappa shape index (κ2) is 4.79. The number of nitrogens with one attached hydrogen (secondary N) is 1. The largest absolute Gasteiger partial charge is 0.482 e. The predicted molar refractivity (Wildman–Crippen MR) is 63.8 cm³/mol. The van der Waals surface area contributed by atoms with Crippen LogP contribution in [0.4, 0.5) is 0 Å². The van der Waals surface area contributed by atoms with Gasteiger partial charge in [0, 0.05) is 4.47 Å². The molecule has 0 aliphatic rings. The SMILES string of the molecule is CC(Oc1ccc(Br)cc1Br)C(=N)N. The van der Waals surface area contributed by atoms with Gasteiger partial charge in [0.2, 0.25) is 0 Å². The van der Waals surface area contributed by atoms with Crippen LogP contribution < -0.4 is 10.5 Å². The van der Waals surface area contributed by atoms with Crippen molar-refractivity contribution in [3.05, 3.63) is 27.1 Å². The lowest BCUT2D eigenvalue weighted by Gasteiger charge is -2.14. The fourth-order valence-electron chi connectivity index (χ4n) is 0.825. The van der Waals surface area contributed by atoms with Gasteiger partial charge in [-0.3, -0.25) is 5.41 Å². The molecule has 1 aromatic carbocycles. The Morgan fingerprint density at radius 1 is 1.50 bits per heavy atom. The molecule has 0 heterocycles. The van der Waals surface area contributed by atoms with E-state index in [0.717, 1.165) is 8.95 Å². The quantitative estimate of drug-likeness (QED) is 0.664. The second-order valence-electron chi connectivity index (χ2n) is 2.79. The Balaban J connectivity index is 2.82. The summed E-state index contributed by atoms with van der Waals surface area (Å²) in [5.41, 5.74) is 5.30. The lowest BCUT2D eigenvalue weighted by atomic mass is 10.3. The van der Waals surface area contributed by atoms with Gasteiger partial charge in [-0.15, -0.1) is 0 Å². The Kier molecular flexibility index (Phi) is 3.95.